The van der Waals surface area contributed by atoms with Crippen LogP contribution in [-0.2, 0) is 6.54 Å². The van der Waals surface area contributed by atoms with Crippen molar-refractivity contribution in [2.75, 3.05) is 41.3 Å². The summed E-state index contributed by atoms with van der Waals surface area (Å²) in [7, 11) is 0. The Hall–Kier alpha value is -3.01. The van der Waals surface area contributed by atoms with Gasteiger partial charge >= 0.3 is 6.03 Å². The first-order valence-electron chi connectivity index (χ1n) is 12.5. The first kappa shape index (κ1) is 25.1. The molecule has 190 valence electrons. The molecule has 35 heavy (non-hydrogen) atoms. The summed E-state index contributed by atoms with van der Waals surface area (Å²) in [5.74, 6) is -2.32. The van der Waals surface area contributed by atoms with Gasteiger partial charge in [0.1, 0.15) is 5.82 Å². The number of phenols is 1. The minimum Gasteiger partial charge on any atom is -0.503 e. The number of aromatic nitrogens is 2. The summed E-state index contributed by atoms with van der Waals surface area (Å²) in [6.07, 6.45) is 7.35. The predicted molar refractivity (Wildman–Crippen MR) is 132 cm³/mol. The lowest BCUT2D eigenvalue weighted by Crippen LogP contribution is -2.52. The zero-order chi connectivity index (χ0) is 24.9. The molecular formula is C25H34F2N6O2. The van der Waals surface area contributed by atoms with Crippen LogP contribution in [0, 0.1) is 11.6 Å². The van der Waals surface area contributed by atoms with Crippen molar-refractivity contribution in [3.05, 3.63) is 35.5 Å². The van der Waals surface area contributed by atoms with Crippen molar-refractivity contribution >= 4 is 23.5 Å². The summed E-state index contributed by atoms with van der Waals surface area (Å²) in [5, 5.41) is 13.0. The van der Waals surface area contributed by atoms with Crippen LogP contribution in [0.15, 0.2) is 18.3 Å². The molecule has 2 amide bonds. The molecule has 1 aromatic carbocycles. The van der Waals surface area contributed by atoms with Gasteiger partial charge in [0.2, 0.25) is 5.95 Å². The number of amides is 2. The smallest absolute Gasteiger partial charge is 0.330 e. The van der Waals surface area contributed by atoms with E-state index in [2.05, 4.69) is 34.0 Å². The second-order valence-corrected chi connectivity index (χ2v) is 9.11. The maximum atomic E-state index is 14.7. The Morgan fingerprint density at radius 2 is 1.91 bits per heavy atom. The number of urea groups is 1. The number of carbonyl (C=O) groups excluding carboxylic acids is 1. The number of halogens is 2. The molecule has 1 saturated carbocycles. The molecule has 2 aliphatic rings. The molecule has 0 unspecified atom stereocenters. The molecule has 4 rings (SSSR count). The standard InChI is InChI=1S/C25H34F2N6O2/c1-3-31(4-2)14-8-7-13-28-24-29-15-17-16-32(20-12-11-19(26)22(34)21(20)27)25(35)33(23(17)30-24)18-9-5-6-10-18/h11-12,15,18,34H,3-10,13-14,16H2,1-2H3,(H,28,29,30). The minimum absolute atomic E-state index is 0.0313. The monoisotopic (exact) mass is 488 g/mol. The summed E-state index contributed by atoms with van der Waals surface area (Å²) >= 11 is 0. The molecule has 1 aliphatic carbocycles. The quantitative estimate of drug-likeness (QED) is 0.464. The van der Waals surface area contributed by atoms with Gasteiger partial charge in [0.25, 0.3) is 0 Å². The second kappa shape index (κ2) is 11.2. The highest BCUT2D eigenvalue weighted by Crippen LogP contribution is 2.38. The van der Waals surface area contributed by atoms with E-state index in [1.165, 1.54) is 11.0 Å². The van der Waals surface area contributed by atoms with Gasteiger partial charge in [0, 0.05) is 24.3 Å². The third kappa shape index (κ3) is 5.32. The number of carbonyl (C=O) groups is 1. The van der Waals surface area contributed by atoms with Gasteiger partial charge in [-0.3, -0.25) is 9.80 Å². The summed E-state index contributed by atoms with van der Waals surface area (Å²) in [4.78, 5) is 27.9. The van der Waals surface area contributed by atoms with Crippen molar-refractivity contribution in [2.45, 2.75) is 65.0 Å². The molecule has 0 bridgehead atoms. The van der Waals surface area contributed by atoms with E-state index in [-0.39, 0.29) is 18.3 Å². The molecule has 0 spiro atoms. The van der Waals surface area contributed by atoms with Crippen LogP contribution in [-0.4, -0.2) is 58.2 Å². The van der Waals surface area contributed by atoms with Crippen LogP contribution in [0.2, 0.25) is 0 Å². The van der Waals surface area contributed by atoms with Gasteiger partial charge in [-0.05, 0) is 57.5 Å². The van der Waals surface area contributed by atoms with Crippen molar-refractivity contribution < 1.29 is 18.7 Å². The number of nitrogens with one attached hydrogen (secondary N) is 1. The van der Waals surface area contributed by atoms with Gasteiger partial charge in [-0.2, -0.15) is 4.98 Å². The van der Waals surface area contributed by atoms with Gasteiger partial charge in [0.15, 0.2) is 17.4 Å². The number of phenolic OH excluding ortho intramolecular Hbond substituents is 1. The van der Waals surface area contributed by atoms with Gasteiger partial charge in [-0.1, -0.05) is 26.7 Å². The first-order valence-corrected chi connectivity index (χ1v) is 12.5. The molecule has 0 atom stereocenters. The van der Waals surface area contributed by atoms with Gasteiger partial charge in [-0.15, -0.1) is 0 Å². The van der Waals surface area contributed by atoms with E-state index in [1.54, 1.807) is 11.1 Å². The zero-order valence-corrected chi connectivity index (χ0v) is 20.4. The Balaban J connectivity index is 1.54. The van der Waals surface area contributed by atoms with Crippen LogP contribution in [0.25, 0.3) is 0 Å². The maximum absolute atomic E-state index is 14.7. The summed E-state index contributed by atoms with van der Waals surface area (Å²) in [6, 6.07) is 1.64. The lowest BCUT2D eigenvalue weighted by Gasteiger charge is -2.39. The lowest BCUT2D eigenvalue weighted by atomic mass is 10.1. The highest BCUT2D eigenvalue weighted by molar-refractivity contribution is 6.06. The highest BCUT2D eigenvalue weighted by atomic mass is 19.1. The predicted octanol–water partition coefficient (Wildman–Crippen LogP) is 4.88. The topological polar surface area (TPSA) is 84.8 Å². The lowest BCUT2D eigenvalue weighted by molar-refractivity contribution is 0.247. The molecule has 8 nitrogen and oxygen atoms in total. The second-order valence-electron chi connectivity index (χ2n) is 9.11. The fourth-order valence-electron chi connectivity index (χ4n) is 4.88. The molecule has 2 heterocycles. The van der Waals surface area contributed by atoms with E-state index < -0.39 is 23.4 Å². The van der Waals surface area contributed by atoms with E-state index >= 15 is 0 Å². The Morgan fingerprint density at radius 3 is 2.63 bits per heavy atom. The van der Waals surface area contributed by atoms with E-state index in [1.807, 2.05) is 0 Å². The van der Waals surface area contributed by atoms with Crippen molar-refractivity contribution in [3.63, 3.8) is 0 Å². The molecule has 2 N–H and O–H groups in total. The average Bonchev–Trinajstić information content (AvgIpc) is 3.39. The number of anilines is 3. The third-order valence-corrected chi connectivity index (χ3v) is 6.94. The van der Waals surface area contributed by atoms with Gasteiger partial charge < -0.3 is 15.3 Å². The summed E-state index contributed by atoms with van der Waals surface area (Å²) in [5.41, 5.74) is 0.504. The molecule has 1 aromatic heterocycles. The largest absolute Gasteiger partial charge is 0.503 e. The molecule has 2 aromatic rings. The molecule has 1 aliphatic heterocycles. The first-order chi connectivity index (χ1) is 16.9. The van der Waals surface area contributed by atoms with Crippen molar-refractivity contribution in [3.8, 4) is 5.75 Å². The average molecular weight is 489 g/mol. The van der Waals surface area contributed by atoms with E-state index in [9.17, 15) is 18.7 Å². The summed E-state index contributed by atoms with van der Waals surface area (Å²) < 4.78 is 28.3. The minimum atomic E-state index is -1.16. The molecule has 0 saturated heterocycles. The molecule has 1 fully saturated rings. The Labute approximate surface area is 205 Å². The van der Waals surface area contributed by atoms with Gasteiger partial charge in [-0.25, -0.2) is 18.6 Å². The Morgan fingerprint density at radius 1 is 1.17 bits per heavy atom. The highest BCUT2D eigenvalue weighted by Gasteiger charge is 2.39. The molecule has 0 radical (unpaired) electrons. The third-order valence-electron chi connectivity index (χ3n) is 6.94. The van der Waals surface area contributed by atoms with E-state index in [0.717, 1.165) is 70.8 Å². The fraction of sp³-hybridized carbons (Fsp3) is 0.560. The Kier molecular flexibility index (Phi) is 8.00. The van der Waals surface area contributed by atoms with Gasteiger partial charge in [0.05, 0.1) is 12.2 Å². The number of nitrogens with zero attached hydrogens (tertiary/aromatic N) is 5. The number of fused-ring (bicyclic) bond motifs is 1. The van der Waals surface area contributed by atoms with Crippen LogP contribution in [0.4, 0.5) is 31.0 Å². The summed E-state index contributed by atoms with van der Waals surface area (Å²) in [6.45, 7) is 8.22. The van der Waals surface area contributed by atoms with Crippen LogP contribution in [0.1, 0.15) is 57.9 Å². The van der Waals surface area contributed by atoms with E-state index in [0.29, 0.717) is 17.3 Å². The van der Waals surface area contributed by atoms with Crippen LogP contribution in [0.5, 0.6) is 5.75 Å². The van der Waals surface area contributed by atoms with E-state index in [4.69, 9.17) is 0 Å². The maximum Gasteiger partial charge on any atom is 0.330 e. The van der Waals surface area contributed by atoms with Crippen LogP contribution in [0.3, 0.4) is 0 Å². The number of rotatable bonds is 10. The number of benzene rings is 1. The number of aromatic hydroxyl groups is 1. The zero-order valence-electron chi connectivity index (χ0n) is 20.4. The fourth-order valence-corrected chi connectivity index (χ4v) is 4.88. The molecular weight excluding hydrogens is 454 g/mol. The number of hydrogen-bond donors (Lipinski definition) is 2. The van der Waals surface area contributed by atoms with Crippen molar-refractivity contribution in [2.24, 2.45) is 0 Å². The number of unbranched alkanes of at least 4 members (excludes halogenated alkanes) is 1. The normalized spacial score (nSPS) is 16.3. The SMILES string of the molecule is CCN(CC)CCCCNc1ncc2c(n1)N(C1CCCC1)C(=O)N(c1ccc(F)c(O)c1F)C2. The van der Waals surface area contributed by atoms with Crippen LogP contribution < -0.4 is 15.1 Å². The number of hydrogen-bond acceptors (Lipinski definition) is 6. The Bertz CT molecular complexity index is 1040. The van der Waals surface area contributed by atoms with Crippen molar-refractivity contribution in [1.29, 1.82) is 0 Å². The van der Waals surface area contributed by atoms with Crippen molar-refractivity contribution in [1.82, 2.24) is 14.9 Å². The molecule has 10 heteroatoms. The van der Waals surface area contributed by atoms with Crippen LogP contribution >= 0.6 is 0 Å².